The van der Waals surface area contributed by atoms with E-state index in [9.17, 15) is 28.8 Å². The first-order valence-corrected chi connectivity index (χ1v) is 15.6. The second-order valence-corrected chi connectivity index (χ2v) is 14.2. The van der Waals surface area contributed by atoms with Crippen molar-refractivity contribution in [1.29, 1.82) is 0 Å². The second kappa shape index (κ2) is 18.3. The van der Waals surface area contributed by atoms with Crippen LogP contribution in [0.25, 0.3) is 0 Å². The van der Waals surface area contributed by atoms with Crippen LogP contribution in [-0.2, 0) is 49.5 Å². The van der Waals surface area contributed by atoms with E-state index in [4.69, 9.17) is 24.7 Å². The molecule has 0 bridgehead atoms. The first kappa shape index (κ1) is 41.8. The van der Waals surface area contributed by atoms with Crippen molar-refractivity contribution in [3.05, 3.63) is 35.9 Å². The van der Waals surface area contributed by atoms with Gasteiger partial charge in [-0.05, 0) is 74.8 Å². The zero-order chi connectivity index (χ0) is 36.9. The van der Waals surface area contributed by atoms with Crippen LogP contribution in [0.1, 0.15) is 81.2 Å². The number of hydrogen-bond donors (Lipinski definition) is 5. The predicted octanol–water partition coefficient (Wildman–Crippen LogP) is 1.60. The number of benzene rings is 1. The minimum Gasteiger partial charge on any atom is -0.458 e. The quantitative estimate of drug-likeness (QED) is 0.159. The molecule has 5 amide bonds. The largest absolute Gasteiger partial charge is 0.458 e. The Morgan fingerprint density at radius 3 is 1.58 bits per heavy atom. The third-order valence-corrected chi connectivity index (χ3v) is 5.98. The summed E-state index contributed by atoms with van der Waals surface area (Å²) in [7, 11) is 0. The molecule has 0 aliphatic rings. The molecule has 15 nitrogen and oxygen atoms in total. The van der Waals surface area contributed by atoms with E-state index in [1.165, 1.54) is 6.92 Å². The molecule has 1 rings (SSSR count). The number of esters is 1. The van der Waals surface area contributed by atoms with Crippen molar-refractivity contribution in [1.82, 2.24) is 21.3 Å². The van der Waals surface area contributed by atoms with E-state index in [0.29, 0.717) is 0 Å². The van der Waals surface area contributed by atoms with Crippen molar-refractivity contribution in [2.45, 2.75) is 123 Å². The molecule has 0 aromatic heterocycles. The second-order valence-electron chi connectivity index (χ2n) is 14.2. The molecule has 0 fully saturated rings. The number of nitrogens with two attached hydrogens (primary N) is 1. The van der Waals surface area contributed by atoms with Gasteiger partial charge in [-0.15, -0.1) is 0 Å². The summed E-state index contributed by atoms with van der Waals surface area (Å²) in [4.78, 5) is 77.1. The number of primary amides is 1. The highest BCUT2D eigenvalue weighted by Gasteiger charge is 2.34. The molecule has 0 unspecified atom stereocenters. The summed E-state index contributed by atoms with van der Waals surface area (Å²) in [5.41, 5.74) is 3.82. The van der Waals surface area contributed by atoms with Gasteiger partial charge in [-0.25, -0.2) is 9.59 Å². The van der Waals surface area contributed by atoms with Gasteiger partial charge >= 0.3 is 12.1 Å². The van der Waals surface area contributed by atoms with Crippen molar-refractivity contribution in [3.8, 4) is 0 Å². The van der Waals surface area contributed by atoms with Crippen LogP contribution in [0.4, 0.5) is 4.79 Å². The number of nitrogens with one attached hydrogen (secondary N) is 4. The Morgan fingerprint density at radius 1 is 0.667 bits per heavy atom. The molecule has 0 heterocycles. The Kier molecular flexibility index (Phi) is 16.0. The van der Waals surface area contributed by atoms with Crippen LogP contribution < -0.4 is 27.0 Å². The number of hydrogen-bond acceptors (Lipinski definition) is 10. The smallest absolute Gasteiger partial charge is 0.408 e. The molecule has 270 valence electrons. The van der Waals surface area contributed by atoms with E-state index in [1.807, 2.05) is 6.07 Å². The number of ether oxygens (including phenoxy) is 4. The Hall–Kier alpha value is -4.24. The van der Waals surface area contributed by atoms with E-state index in [-0.39, 0.29) is 19.8 Å². The lowest BCUT2D eigenvalue weighted by atomic mass is 10.1. The maximum Gasteiger partial charge on any atom is 0.408 e. The molecular weight excluding hydrogens is 626 g/mol. The summed E-state index contributed by atoms with van der Waals surface area (Å²) in [6, 6.07) is 3.56. The van der Waals surface area contributed by atoms with Gasteiger partial charge in [0, 0.05) is 0 Å². The SMILES string of the molecule is C[C@H](NC(=O)[C@H](CC(N)=O)NC(=O)[C@H](COC(C)(C)C)NC(=O)[C@H](COC(C)(C)C)NC(=O)OCc1ccccc1)C(=O)OC(C)(C)C. The lowest BCUT2D eigenvalue weighted by Gasteiger charge is -2.29. The van der Waals surface area contributed by atoms with Gasteiger partial charge in [0.25, 0.3) is 0 Å². The zero-order valence-electron chi connectivity index (χ0n) is 29.7. The molecule has 1 aromatic carbocycles. The maximum absolute atomic E-state index is 13.5. The van der Waals surface area contributed by atoms with E-state index >= 15 is 0 Å². The Balaban J connectivity index is 3.18. The Morgan fingerprint density at radius 2 is 1.12 bits per heavy atom. The van der Waals surface area contributed by atoms with Gasteiger partial charge in [0.15, 0.2) is 0 Å². The molecule has 15 heteroatoms. The Labute approximate surface area is 282 Å². The van der Waals surface area contributed by atoms with Crippen LogP contribution in [0.5, 0.6) is 0 Å². The fourth-order valence-corrected chi connectivity index (χ4v) is 3.66. The lowest BCUT2D eigenvalue weighted by molar-refractivity contribution is -0.158. The molecular formula is C33H53N5O10. The third-order valence-electron chi connectivity index (χ3n) is 5.98. The van der Waals surface area contributed by atoms with Crippen LogP contribution in [0, 0.1) is 0 Å². The predicted molar refractivity (Wildman–Crippen MR) is 176 cm³/mol. The minimum atomic E-state index is -1.51. The molecule has 4 atom stereocenters. The molecule has 0 spiro atoms. The first-order chi connectivity index (χ1) is 22.0. The molecule has 0 radical (unpaired) electrons. The van der Waals surface area contributed by atoms with Crippen LogP contribution >= 0.6 is 0 Å². The van der Waals surface area contributed by atoms with Crippen LogP contribution in [0.3, 0.4) is 0 Å². The zero-order valence-corrected chi connectivity index (χ0v) is 29.7. The van der Waals surface area contributed by atoms with Crippen LogP contribution in [0.15, 0.2) is 30.3 Å². The minimum absolute atomic E-state index is 0.0541. The van der Waals surface area contributed by atoms with Crippen molar-refractivity contribution in [2.24, 2.45) is 5.73 Å². The van der Waals surface area contributed by atoms with Crippen molar-refractivity contribution in [3.63, 3.8) is 0 Å². The molecule has 6 N–H and O–H groups in total. The summed E-state index contributed by atoms with van der Waals surface area (Å²) in [5.74, 6) is -4.25. The lowest BCUT2D eigenvalue weighted by Crippen LogP contribution is -2.60. The monoisotopic (exact) mass is 679 g/mol. The molecule has 0 aliphatic carbocycles. The summed E-state index contributed by atoms with van der Waals surface area (Å²) in [6.07, 6.45) is -1.52. The van der Waals surface area contributed by atoms with Crippen molar-refractivity contribution < 1.29 is 47.7 Å². The van der Waals surface area contributed by atoms with Crippen LogP contribution in [-0.4, -0.2) is 89.9 Å². The van der Waals surface area contributed by atoms with Gasteiger partial charge in [0.2, 0.25) is 23.6 Å². The van der Waals surface area contributed by atoms with Gasteiger partial charge in [0.1, 0.15) is 36.4 Å². The summed E-state index contributed by atoms with van der Waals surface area (Å²) in [5, 5.41) is 9.83. The van der Waals surface area contributed by atoms with Crippen LogP contribution in [0.2, 0.25) is 0 Å². The number of carbonyl (C=O) groups excluding carboxylic acids is 6. The highest BCUT2D eigenvalue weighted by atomic mass is 16.6. The van der Waals surface area contributed by atoms with Crippen molar-refractivity contribution in [2.75, 3.05) is 13.2 Å². The first-order valence-electron chi connectivity index (χ1n) is 15.6. The average molecular weight is 680 g/mol. The highest BCUT2D eigenvalue weighted by molar-refractivity contribution is 5.96. The molecule has 0 saturated heterocycles. The van der Waals surface area contributed by atoms with E-state index in [2.05, 4.69) is 21.3 Å². The van der Waals surface area contributed by atoms with Gasteiger partial charge in [0.05, 0.1) is 30.8 Å². The van der Waals surface area contributed by atoms with Gasteiger partial charge in [-0.3, -0.25) is 19.2 Å². The van der Waals surface area contributed by atoms with Gasteiger partial charge < -0.3 is 45.9 Å². The summed E-state index contributed by atoms with van der Waals surface area (Å²) in [6.45, 7) is 16.1. The van der Waals surface area contributed by atoms with Gasteiger partial charge in [-0.1, -0.05) is 30.3 Å². The molecule has 1 aromatic rings. The fourth-order valence-electron chi connectivity index (χ4n) is 3.66. The maximum atomic E-state index is 13.5. The van der Waals surface area contributed by atoms with E-state index in [0.717, 1.165) is 5.56 Å². The summed E-state index contributed by atoms with van der Waals surface area (Å²) >= 11 is 0. The third kappa shape index (κ3) is 18.2. The van der Waals surface area contributed by atoms with Gasteiger partial charge in [-0.2, -0.15) is 0 Å². The normalized spacial score (nSPS) is 14.4. The number of amides is 5. The molecule has 0 saturated carbocycles. The topological polar surface area (TPSA) is 213 Å². The number of carbonyl (C=O) groups is 6. The van der Waals surface area contributed by atoms with Crippen molar-refractivity contribution >= 4 is 35.7 Å². The number of rotatable bonds is 16. The standard InChI is InChI=1S/C33H53N5O10/c1-20(29(43)48-33(8,9)10)35-26(40)22(16-25(34)39)36-27(41)23(18-46-31(2,3)4)37-28(42)24(19-47-32(5,6)7)38-30(44)45-17-21-14-12-11-13-15-21/h11-15,20,22-24H,16-19H2,1-10H3,(H2,34,39)(H,35,40)(H,36,41)(H,37,42)(H,38,44)/t20-,22-,23-,24-/m0/s1. The molecule has 48 heavy (non-hydrogen) atoms. The highest BCUT2D eigenvalue weighted by Crippen LogP contribution is 2.11. The van der Waals surface area contributed by atoms with E-state index < -0.39 is 83.1 Å². The molecule has 0 aliphatic heterocycles. The average Bonchev–Trinajstić information content (AvgIpc) is 2.94. The fraction of sp³-hybridized carbons (Fsp3) is 0.636. The Bertz CT molecular complexity index is 1250. The van der Waals surface area contributed by atoms with E-state index in [1.54, 1.807) is 86.6 Å². The summed E-state index contributed by atoms with van der Waals surface area (Å²) < 4.78 is 22.1. The number of alkyl carbamates (subject to hydrolysis) is 1.